The van der Waals surface area contributed by atoms with Crippen LogP contribution in [0.5, 0.6) is 0 Å². The van der Waals surface area contributed by atoms with Gasteiger partial charge in [-0.25, -0.2) is 0 Å². The van der Waals surface area contributed by atoms with E-state index in [0.29, 0.717) is 6.54 Å². The standard InChI is InChI=1S/C10H13BrN2O/c1-6-8(11)2-3-9(13-6)10-4-7(14)5-12-10/h2-3,7,10,12,14H,4-5H2,1H3. The summed E-state index contributed by atoms with van der Waals surface area (Å²) in [6, 6.07) is 4.20. The highest BCUT2D eigenvalue weighted by atomic mass is 79.9. The number of rotatable bonds is 1. The molecule has 2 N–H and O–H groups in total. The van der Waals surface area contributed by atoms with Gasteiger partial charge >= 0.3 is 0 Å². The number of nitrogens with one attached hydrogen (secondary N) is 1. The molecule has 14 heavy (non-hydrogen) atoms. The summed E-state index contributed by atoms with van der Waals surface area (Å²) in [5.74, 6) is 0. The second-order valence-corrected chi connectivity index (χ2v) is 4.51. The molecule has 0 spiro atoms. The third-order valence-electron chi connectivity index (χ3n) is 2.51. The molecule has 2 unspecified atom stereocenters. The first-order valence-electron chi connectivity index (χ1n) is 4.71. The van der Waals surface area contributed by atoms with Crippen molar-refractivity contribution in [1.82, 2.24) is 10.3 Å². The Bertz CT molecular complexity index is 343. The molecule has 1 aromatic heterocycles. The van der Waals surface area contributed by atoms with Crippen LogP contribution in [0.4, 0.5) is 0 Å². The van der Waals surface area contributed by atoms with Crippen molar-refractivity contribution in [1.29, 1.82) is 0 Å². The first-order chi connectivity index (χ1) is 6.66. The first kappa shape index (κ1) is 10.1. The number of β-amino-alcohol motifs (C(OH)–C–C–N with tert-alkyl or cyclic N) is 1. The number of hydrogen-bond donors (Lipinski definition) is 2. The molecule has 0 aliphatic carbocycles. The first-order valence-corrected chi connectivity index (χ1v) is 5.50. The van der Waals surface area contributed by atoms with Crippen molar-refractivity contribution in [2.24, 2.45) is 0 Å². The normalized spacial score (nSPS) is 26.8. The van der Waals surface area contributed by atoms with E-state index >= 15 is 0 Å². The molecule has 1 saturated heterocycles. The van der Waals surface area contributed by atoms with E-state index in [-0.39, 0.29) is 12.1 Å². The van der Waals surface area contributed by atoms with Crippen LogP contribution in [0.2, 0.25) is 0 Å². The van der Waals surface area contributed by atoms with Crippen molar-refractivity contribution in [3.8, 4) is 0 Å². The monoisotopic (exact) mass is 256 g/mol. The zero-order valence-electron chi connectivity index (χ0n) is 8.00. The molecule has 2 atom stereocenters. The molecule has 1 aromatic rings. The van der Waals surface area contributed by atoms with Gasteiger partial charge in [0.1, 0.15) is 0 Å². The fourth-order valence-electron chi connectivity index (χ4n) is 1.70. The Hall–Kier alpha value is -0.450. The van der Waals surface area contributed by atoms with Crippen molar-refractivity contribution in [2.75, 3.05) is 6.54 Å². The zero-order valence-corrected chi connectivity index (χ0v) is 9.58. The molecule has 0 bridgehead atoms. The third-order valence-corrected chi connectivity index (χ3v) is 3.35. The Morgan fingerprint density at radius 1 is 1.57 bits per heavy atom. The van der Waals surface area contributed by atoms with Crippen LogP contribution in [0, 0.1) is 6.92 Å². The minimum absolute atomic E-state index is 0.205. The second-order valence-electron chi connectivity index (χ2n) is 3.65. The Morgan fingerprint density at radius 2 is 2.36 bits per heavy atom. The van der Waals surface area contributed by atoms with Crippen LogP contribution >= 0.6 is 15.9 Å². The highest BCUT2D eigenvalue weighted by molar-refractivity contribution is 9.10. The summed E-state index contributed by atoms with van der Waals surface area (Å²) < 4.78 is 1.03. The van der Waals surface area contributed by atoms with Crippen LogP contribution in [0.3, 0.4) is 0 Å². The van der Waals surface area contributed by atoms with Gasteiger partial charge in [-0.3, -0.25) is 4.98 Å². The lowest BCUT2D eigenvalue weighted by Gasteiger charge is -2.10. The third kappa shape index (κ3) is 1.97. The molecule has 0 amide bonds. The molecular formula is C10H13BrN2O. The van der Waals surface area contributed by atoms with Crippen molar-refractivity contribution < 1.29 is 5.11 Å². The highest BCUT2D eigenvalue weighted by Gasteiger charge is 2.24. The van der Waals surface area contributed by atoms with Gasteiger partial charge in [-0.05, 0) is 41.4 Å². The summed E-state index contributed by atoms with van der Waals surface area (Å²) in [4.78, 5) is 4.47. The van der Waals surface area contributed by atoms with E-state index in [2.05, 4.69) is 26.2 Å². The number of halogens is 1. The molecule has 1 aliphatic heterocycles. The Morgan fingerprint density at radius 3 is 2.93 bits per heavy atom. The van der Waals surface area contributed by atoms with Gasteiger partial charge in [-0.1, -0.05) is 0 Å². The predicted molar refractivity (Wildman–Crippen MR) is 58.0 cm³/mol. The average molecular weight is 257 g/mol. The molecule has 1 aliphatic rings. The molecule has 2 rings (SSSR count). The molecule has 76 valence electrons. The molecule has 0 saturated carbocycles. The minimum atomic E-state index is -0.231. The van der Waals surface area contributed by atoms with E-state index in [1.807, 2.05) is 19.1 Å². The summed E-state index contributed by atoms with van der Waals surface area (Å²) in [5, 5.41) is 12.6. The number of aliphatic hydroxyl groups is 1. The van der Waals surface area contributed by atoms with Gasteiger partial charge in [-0.15, -0.1) is 0 Å². The number of nitrogens with zero attached hydrogens (tertiary/aromatic N) is 1. The fraction of sp³-hybridized carbons (Fsp3) is 0.500. The van der Waals surface area contributed by atoms with E-state index in [4.69, 9.17) is 0 Å². The zero-order chi connectivity index (χ0) is 10.1. The number of pyridine rings is 1. The van der Waals surface area contributed by atoms with Gasteiger partial charge in [0.2, 0.25) is 0 Å². The number of aryl methyl sites for hydroxylation is 1. The molecular weight excluding hydrogens is 244 g/mol. The molecule has 0 radical (unpaired) electrons. The van der Waals surface area contributed by atoms with Gasteiger partial charge in [0.25, 0.3) is 0 Å². The van der Waals surface area contributed by atoms with Crippen LogP contribution < -0.4 is 5.32 Å². The lowest BCUT2D eigenvalue weighted by molar-refractivity contribution is 0.193. The highest BCUT2D eigenvalue weighted by Crippen LogP contribution is 2.24. The van der Waals surface area contributed by atoms with Crippen molar-refractivity contribution in [3.05, 3.63) is 28.0 Å². The molecule has 0 aromatic carbocycles. The number of aliphatic hydroxyl groups excluding tert-OH is 1. The summed E-state index contributed by atoms with van der Waals surface area (Å²) in [6.07, 6.45) is 0.527. The van der Waals surface area contributed by atoms with E-state index in [0.717, 1.165) is 22.3 Å². The maximum atomic E-state index is 9.39. The summed E-state index contributed by atoms with van der Waals surface area (Å²) in [7, 11) is 0. The van der Waals surface area contributed by atoms with Crippen LogP contribution in [-0.4, -0.2) is 22.7 Å². The largest absolute Gasteiger partial charge is 0.392 e. The van der Waals surface area contributed by atoms with E-state index in [1.165, 1.54) is 0 Å². The topological polar surface area (TPSA) is 45.2 Å². The SMILES string of the molecule is Cc1nc(C2CC(O)CN2)ccc1Br. The minimum Gasteiger partial charge on any atom is -0.392 e. The van der Waals surface area contributed by atoms with Gasteiger partial charge in [0, 0.05) is 11.0 Å². The number of hydrogen-bond acceptors (Lipinski definition) is 3. The van der Waals surface area contributed by atoms with Gasteiger partial charge < -0.3 is 10.4 Å². The summed E-state index contributed by atoms with van der Waals surface area (Å²) >= 11 is 3.42. The van der Waals surface area contributed by atoms with Gasteiger partial charge in [0.05, 0.1) is 23.5 Å². The van der Waals surface area contributed by atoms with Crippen LogP contribution in [0.15, 0.2) is 16.6 Å². The smallest absolute Gasteiger partial charge is 0.0683 e. The summed E-state index contributed by atoms with van der Waals surface area (Å²) in [5.41, 5.74) is 2.01. The predicted octanol–water partition coefficient (Wildman–Crippen LogP) is 1.55. The molecule has 2 heterocycles. The van der Waals surface area contributed by atoms with E-state index in [9.17, 15) is 5.11 Å². The van der Waals surface area contributed by atoms with E-state index < -0.39 is 0 Å². The van der Waals surface area contributed by atoms with Gasteiger partial charge in [0.15, 0.2) is 0 Å². The fourth-order valence-corrected chi connectivity index (χ4v) is 1.92. The van der Waals surface area contributed by atoms with Gasteiger partial charge in [-0.2, -0.15) is 0 Å². The van der Waals surface area contributed by atoms with Crippen LogP contribution in [0.25, 0.3) is 0 Å². The molecule has 3 nitrogen and oxygen atoms in total. The lowest BCUT2D eigenvalue weighted by Crippen LogP contribution is -2.15. The Kier molecular flexibility index (Phi) is 2.85. The van der Waals surface area contributed by atoms with Crippen molar-refractivity contribution >= 4 is 15.9 Å². The summed E-state index contributed by atoms with van der Waals surface area (Å²) in [6.45, 7) is 2.64. The van der Waals surface area contributed by atoms with Crippen LogP contribution in [0.1, 0.15) is 23.9 Å². The van der Waals surface area contributed by atoms with E-state index in [1.54, 1.807) is 0 Å². The maximum absolute atomic E-state index is 9.39. The van der Waals surface area contributed by atoms with Crippen molar-refractivity contribution in [2.45, 2.75) is 25.5 Å². The van der Waals surface area contributed by atoms with Crippen molar-refractivity contribution in [3.63, 3.8) is 0 Å². The number of aromatic nitrogens is 1. The Labute approximate surface area is 91.7 Å². The quantitative estimate of drug-likeness (QED) is 0.802. The lowest BCUT2D eigenvalue weighted by atomic mass is 10.1. The van der Waals surface area contributed by atoms with Crippen LogP contribution in [-0.2, 0) is 0 Å². The Balaban J connectivity index is 2.20. The maximum Gasteiger partial charge on any atom is 0.0683 e. The second kappa shape index (κ2) is 3.96. The average Bonchev–Trinajstić information content (AvgIpc) is 2.57. The molecule has 1 fully saturated rings. The molecule has 4 heteroatoms.